The predicted molar refractivity (Wildman–Crippen MR) is 218 cm³/mol. The molecular weight excluding hydrogens is 651 g/mol. The van der Waals surface area contributed by atoms with Crippen molar-refractivity contribution in [3.8, 4) is 28.6 Å². The second-order valence-corrected chi connectivity index (χ2v) is 14.5. The molecule has 0 amide bonds. The van der Waals surface area contributed by atoms with Crippen LogP contribution in [0.2, 0.25) is 0 Å². The van der Waals surface area contributed by atoms with E-state index >= 15 is 0 Å². The van der Waals surface area contributed by atoms with E-state index in [1.54, 1.807) is 0 Å². The molecule has 5 heterocycles. The van der Waals surface area contributed by atoms with E-state index in [9.17, 15) is 0 Å². The van der Waals surface area contributed by atoms with Crippen LogP contribution in [0.1, 0.15) is 50.7 Å². The Bertz CT molecular complexity index is 3020. The van der Waals surface area contributed by atoms with Crippen molar-refractivity contribution >= 4 is 60.3 Å². The Morgan fingerprint density at radius 3 is 1.94 bits per heavy atom. The average molecular weight is 688 g/mol. The van der Waals surface area contributed by atoms with Gasteiger partial charge in [-0.25, -0.2) is 15.0 Å². The maximum atomic E-state index is 6.68. The topological polar surface area (TPSA) is 57.2 Å². The van der Waals surface area contributed by atoms with Gasteiger partial charge in [-0.05, 0) is 101 Å². The summed E-state index contributed by atoms with van der Waals surface area (Å²) in [5, 5.41) is 5.49. The van der Waals surface area contributed by atoms with Gasteiger partial charge in [-0.1, -0.05) is 82.3 Å². The molecule has 0 aliphatic rings. The zero-order chi connectivity index (χ0) is 35.8. The summed E-state index contributed by atoms with van der Waals surface area (Å²) in [6, 6.07) is 46.5. The van der Waals surface area contributed by atoms with Crippen molar-refractivity contribution < 1.29 is 4.74 Å². The summed E-state index contributed by atoms with van der Waals surface area (Å²) in [4.78, 5) is 15.4. The van der Waals surface area contributed by atoms with E-state index in [1.165, 1.54) is 22.1 Å². The third-order valence-electron chi connectivity index (χ3n) is 10.6. The smallest absolute Gasteiger partial charge is 0.147 e. The Kier molecular flexibility index (Phi) is 7.09. The van der Waals surface area contributed by atoms with Crippen LogP contribution in [0.25, 0.3) is 77.4 Å². The molecule has 5 aromatic carbocycles. The first-order valence-corrected chi connectivity index (χ1v) is 18.3. The number of benzene rings is 5. The van der Waals surface area contributed by atoms with E-state index in [0.29, 0.717) is 11.8 Å². The lowest BCUT2D eigenvalue weighted by molar-refractivity contribution is 0.484. The summed E-state index contributed by atoms with van der Waals surface area (Å²) >= 11 is 0. The van der Waals surface area contributed by atoms with Gasteiger partial charge in [-0.15, -0.1) is 0 Å². The fourth-order valence-electron chi connectivity index (χ4n) is 8.13. The van der Waals surface area contributed by atoms with Crippen molar-refractivity contribution in [2.45, 2.75) is 39.5 Å². The van der Waals surface area contributed by atoms with Crippen molar-refractivity contribution in [2.75, 3.05) is 0 Å². The first-order valence-electron chi connectivity index (χ1n) is 18.3. The van der Waals surface area contributed by atoms with Gasteiger partial charge in [0.2, 0.25) is 0 Å². The van der Waals surface area contributed by atoms with E-state index in [2.05, 4.69) is 140 Å². The normalized spacial score (nSPS) is 12.1. The SMILES string of the molecule is CC(C)c1cccc(C(C)C)c1-c1ccc2c3ccc(Oc4ccc5c6ccccc6n(-c6ccccn6)c5c4)cc3c3nc4ccccc4n3c2n1. The first-order chi connectivity index (χ1) is 25.9. The van der Waals surface area contributed by atoms with Crippen molar-refractivity contribution in [1.82, 2.24) is 23.9 Å². The molecule has 6 nitrogen and oxygen atoms in total. The molecule has 53 heavy (non-hydrogen) atoms. The van der Waals surface area contributed by atoms with Gasteiger partial charge >= 0.3 is 0 Å². The quantitative estimate of drug-likeness (QED) is 0.163. The van der Waals surface area contributed by atoms with Gasteiger partial charge in [-0.3, -0.25) is 8.97 Å². The highest BCUT2D eigenvalue weighted by molar-refractivity contribution is 6.14. The third kappa shape index (κ3) is 4.90. The Hall–Kier alpha value is -6.53. The van der Waals surface area contributed by atoms with Crippen LogP contribution >= 0.6 is 0 Å². The molecular formula is C47H37N5O. The Labute approximate surface area is 307 Å². The highest BCUT2D eigenvalue weighted by Gasteiger charge is 2.21. The van der Waals surface area contributed by atoms with Gasteiger partial charge in [0.15, 0.2) is 0 Å². The molecule has 0 aliphatic heterocycles. The molecule has 6 heteroatoms. The fourth-order valence-corrected chi connectivity index (χ4v) is 8.13. The maximum absolute atomic E-state index is 6.68. The van der Waals surface area contributed by atoms with Crippen LogP contribution in [0.5, 0.6) is 11.5 Å². The second kappa shape index (κ2) is 12.0. The summed E-state index contributed by atoms with van der Waals surface area (Å²) in [6.45, 7) is 9.04. The number of fused-ring (bicyclic) bond motifs is 11. The highest BCUT2D eigenvalue weighted by atomic mass is 16.5. The standard InChI is InChI=1S/C47H37N5O/c1-28(2)32-13-11-14-33(29(3)4)45(32)40-24-23-37-34-21-19-30(26-38(34)47-49-39-15-6-8-17-42(39)52(47)46(37)50-40)53-31-20-22-36-35-12-5-7-16-41(35)51(43(36)27-31)44-18-9-10-25-48-44/h5-29H,1-4H3. The van der Waals surface area contributed by atoms with Gasteiger partial charge < -0.3 is 4.74 Å². The first kappa shape index (κ1) is 31.2. The predicted octanol–water partition coefficient (Wildman–Crippen LogP) is 12.4. The zero-order valence-corrected chi connectivity index (χ0v) is 30.1. The van der Waals surface area contributed by atoms with Gasteiger partial charge in [0, 0.05) is 39.4 Å². The maximum Gasteiger partial charge on any atom is 0.147 e. The summed E-state index contributed by atoms with van der Waals surface area (Å²) in [5.74, 6) is 3.08. The van der Waals surface area contributed by atoms with E-state index in [-0.39, 0.29) is 0 Å². The van der Waals surface area contributed by atoms with Crippen molar-refractivity contribution in [3.05, 3.63) is 151 Å². The van der Waals surface area contributed by atoms with Gasteiger partial charge in [-0.2, -0.15) is 0 Å². The minimum Gasteiger partial charge on any atom is -0.457 e. The monoisotopic (exact) mass is 687 g/mol. The van der Waals surface area contributed by atoms with E-state index in [1.807, 2.05) is 36.5 Å². The lowest BCUT2D eigenvalue weighted by atomic mass is 9.87. The molecule has 10 rings (SSSR count). The van der Waals surface area contributed by atoms with E-state index in [0.717, 1.165) is 77.9 Å². The van der Waals surface area contributed by atoms with Crippen LogP contribution in [-0.4, -0.2) is 23.9 Å². The van der Waals surface area contributed by atoms with Crippen LogP contribution < -0.4 is 4.74 Å². The lowest BCUT2D eigenvalue weighted by Gasteiger charge is -2.20. The molecule has 0 saturated heterocycles. The fraction of sp³-hybridized carbons (Fsp3) is 0.128. The average Bonchev–Trinajstić information content (AvgIpc) is 3.74. The number of pyridine rings is 3. The van der Waals surface area contributed by atoms with Crippen LogP contribution in [0.3, 0.4) is 0 Å². The van der Waals surface area contributed by atoms with E-state index < -0.39 is 0 Å². The van der Waals surface area contributed by atoms with Crippen LogP contribution in [0.15, 0.2) is 140 Å². The number of ether oxygens (including phenoxy) is 1. The van der Waals surface area contributed by atoms with E-state index in [4.69, 9.17) is 19.7 Å². The summed E-state index contributed by atoms with van der Waals surface area (Å²) < 4.78 is 11.1. The summed E-state index contributed by atoms with van der Waals surface area (Å²) in [5.41, 5.74) is 10.7. The molecule has 0 unspecified atom stereocenters. The molecule has 0 fully saturated rings. The minimum atomic E-state index is 0.365. The van der Waals surface area contributed by atoms with Gasteiger partial charge in [0.05, 0.1) is 27.8 Å². The summed E-state index contributed by atoms with van der Waals surface area (Å²) in [6.07, 6.45) is 1.83. The molecule has 0 atom stereocenters. The van der Waals surface area contributed by atoms with Gasteiger partial charge in [0.25, 0.3) is 0 Å². The zero-order valence-electron chi connectivity index (χ0n) is 30.1. The van der Waals surface area contributed by atoms with Crippen LogP contribution in [-0.2, 0) is 0 Å². The number of nitrogens with zero attached hydrogens (tertiary/aromatic N) is 5. The Balaban J connectivity index is 1.16. The number of hydrogen-bond acceptors (Lipinski definition) is 4. The Morgan fingerprint density at radius 2 is 1.17 bits per heavy atom. The molecule has 0 bridgehead atoms. The molecule has 10 aromatic rings. The lowest BCUT2D eigenvalue weighted by Crippen LogP contribution is -2.02. The number of hydrogen-bond donors (Lipinski definition) is 0. The molecule has 256 valence electrons. The molecule has 0 spiro atoms. The van der Waals surface area contributed by atoms with Gasteiger partial charge in [0.1, 0.15) is 28.6 Å². The molecule has 0 radical (unpaired) electrons. The molecule has 0 N–H and O–H groups in total. The third-order valence-corrected chi connectivity index (χ3v) is 10.6. The number of aromatic nitrogens is 5. The van der Waals surface area contributed by atoms with Crippen LogP contribution in [0, 0.1) is 0 Å². The molecule has 0 aliphatic carbocycles. The van der Waals surface area contributed by atoms with Crippen LogP contribution in [0.4, 0.5) is 0 Å². The van der Waals surface area contributed by atoms with Crippen molar-refractivity contribution in [1.29, 1.82) is 0 Å². The highest BCUT2D eigenvalue weighted by Crippen LogP contribution is 2.40. The van der Waals surface area contributed by atoms with Crippen molar-refractivity contribution in [2.24, 2.45) is 0 Å². The second-order valence-electron chi connectivity index (χ2n) is 14.5. The molecule has 0 saturated carbocycles. The number of rotatable bonds is 6. The largest absolute Gasteiger partial charge is 0.457 e. The van der Waals surface area contributed by atoms with Crippen molar-refractivity contribution in [3.63, 3.8) is 0 Å². The minimum absolute atomic E-state index is 0.365. The molecule has 5 aromatic heterocycles. The summed E-state index contributed by atoms with van der Waals surface area (Å²) in [7, 11) is 0. The Morgan fingerprint density at radius 1 is 0.509 bits per heavy atom. The number of para-hydroxylation sites is 3. The number of imidazole rings is 1.